The molecule has 0 amide bonds. The standard InChI is InChI=1S/C9H13ClN2/c1-3-12-9-5-7(10)6(2)4-8(9)11/h4-5,12H,3,11H2,1-2H3. The third kappa shape index (κ3) is 1.83. The van der Waals surface area contributed by atoms with Gasteiger partial charge >= 0.3 is 0 Å². The summed E-state index contributed by atoms with van der Waals surface area (Å²) in [5, 5.41) is 3.88. The van der Waals surface area contributed by atoms with Crippen molar-refractivity contribution >= 4 is 23.0 Å². The predicted molar refractivity (Wildman–Crippen MR) is 54.8 cm³/mol. The van der Waals surface area contributed by atoms with E-state index in [1.165, 1.54) is 0 Å². The van der Waals surface area contributed by atoms with Gasteiger partial charge in [0.15, 0.2) is 0 Å². The summed E-state index contributed by atoms with van der Waals surface area (Å²) in [6.07, 6.45) is 0. The fourth-order valence-electron chi connectivity index (χ4n) is 1.05. The van der Waals surface area contributed by atoms with Crippen LogP contribution in [0.3, 0.4) is 0 Å². The van der Waals surface area contributed by atoms with Gasteiger partial charge in [0.1, 0.15) is 0 Å². The third-order valence-corrected chi connectivity index (χ3v) is 2.11. The minimum atomic E-state index is 0.749. The molecule has 1 aromatic carbocycles. The zero-order valence-corrected chi connectivity index (χ0v) is 8.07. The first-order valence-corrected chi connectivity index (χ1v) is 4.32. The van der Waals surface area contributed by atoms with Crippen molar-refractivity contribution in [1.82, 2.24) is 0 Å². The minimum Gasteiger partial charge on any atom is -0.397 e. The van der Waals surface area contributed by atoms with Crippen LogP contribution in [0.1, 0.15) is 12.5 Å². The number of aryl methyl sites for hydroxylation is 1. The van der Waals surface area contributed by atoms with Crippen molar-refractivity contribution in [2.24, 2.45) is 0 Å². The fraction of sp³-hybridized carbons (Fsp3) is 0.333. The van der Waals surface area contributed by atoms with Crippen molar-refractivity contribution in [3.8, 4) is 0 Å². The average molecular weight is 185 g/mol. The van der Waals surface area contributed by atoms with E-state index >= 15 is 0 Å². The molecule has 0 aliphatic heterocycles. The number of rotatable bonds is 2. The average Bonchev–Trinajstić information content (AvgIpc) is 2.01. The third-order valence-electron chi connectivity index (χ3n) is 1.70. The number of hydrogen-bond acceptors (Lipinski definition) is 2. The van der Waals surface area contributed by atoms with E-state index in [9.17, 15) is 0 Å². The Morgan fingerprint density at radius 3 is 2.75 bits per heavy atom. The van der Waals surface area contributed by atoms with Crippen LogP contribution < -0.4 is 11.1 Å². The van der Waals surface area contributed by atoms with Crippen molar-refractivity contribution < 1.29 is 0 Å². The summed E-state index contributed by atoms with van der Waals surface area (Å²) in [6.45, 7) is 4.81. The molecule has 1 rings (SSSR count). The molecule has 2 nitrogen and oxygen atoms in total. The monoisotopic (exact) mass is 184 g/mol. The van der Waals surface area contributed by atoms with E-state index in [2.05, 4.69) is 5.32 Å². The summed E-state index contributed by atoms with van der Waals surface area (Å²) in [5.41, 5.74) is 8.42. The van der Waals surface area contributed by atoms with Crippen LogP contribution in [-0.4, -0.2) is 6.54 Å². The lowest BCUT2D eigenvalue weighted by Crippen LogP contribution is -2.01. The maximum Gasteiger partial charge on any atom is 0.0588 e. The summed E-state index contributed by atoms with van der Waals surface area (Å²) in [4.78, 5) is 0. The Balaban J connectivity index is 3.05. The first-order chi connectivity index (χ1) is 5.65. The number of anilines is 2. The van der Waals surface area contributed by atoms with E-state index in [0.717, 1.165) is 28.5 Å². The van der Waals surface area contributed by atoms with Crippen LogP contribution in [0, 0.1) is 6.92 Å². The topological polar surface area (TPSA) is 38.0 Å². The van der Waals surface area contributed by atoms with Gasteiger partial charge in [0, 0.05) is 11.6 Å². The van der Waals surface area contributed by atoms with Crippen molar-refractivity contribution in [2.45, 2.75) is 13.8 Å². The van der Waals surface area contributed by atoms with Gasteiger partial charge < -0.3 is 11.1 Å². The van der Waals surface area contributed by atoms with Crippen LogP contribution in [0.2, 0.25) is 5.02 Å². The number of nitrogens with one attached hydrogen (secondary N) is 1. The molecule has 0 aromatic heterocycles. The molecule has 66 valence electrons. The van der Waals surface area contributed by atoms with Crippen molar-refractivity contribution in [3.63, 3.8) is 0 Å². The molecule has 0 saturated carbocycles. The Morgan fingerprint density at radius 2 is 2.17 bits per heavy atom. The molecule has 0 bridgehead atoms. The Bertz CT molecular complexity index is 284. The lowest BCUT2D eigenvalue weighted by Gasteiger charge is -2.08. The van der Waals surface area contributed by atoms with Gasteiger partial charge in [-0.15, -0.1) is 0 Å². The first kappa shape index (κ1) is 9.20. The highest BCUT2D eigenvalue weighted by atomic mass is 35.5. The van der Waals surface area contributed by atoms with E-state index < -0.39 is 0 Å². The molecule has 0 heterocycles. The van der Waals surface area contributed by atoms with Gasteiger partial charge in [0.05, 0.1) is 11.4 Å². The molecule has 0 aliphatic carbocycles. The molecular weight excluding hydrogens is 172 g/mol. The van der Waals surface area contributed by atoms with E-state index in [0.29, 0.717) is 0 Å². The van der Waals surface area contributed by atoms with E-state index in [4.69, 9.17) is 17.3 Å². The second-order valence-corrected chi connectivity index (χ2v) is 3.13. The first-order valence-electron chi connectivity index (χ1n) is 3.94. The van der Waals surface area contributed by atoms with Gasteiger partial charge in [-0.05, 0) is 31.5 Å². The van der Waals surface area contributed by atoms with Gasteiger partial charge in [-0.2, -0.15) is 0 Å². The van der Waals surface area contributed by atoms with Crippen LogP contribution >= 0.6 is 11.6 Å². The Morgan fingerprint density at radius 1 is 1.50 bits per heavy atom. The van der Waals surface area contributed by atoms with Gasteiger partial charge in [0.25, 0.3) is 0 Å². The van der Waals surface area contributed by atoms with Crippen LogP contribution in [0.25, 0.3) is 0 Å². The SMILES string of the molecule is CCNc1cc(Cl)c(C)cc1N. The van der Waals surface area contributed by atoms with Crippen molar-refractivity contribution in [2.75, 3.05) is 17.6 Å². The Labute approximate surface area is 77.7 Å². The van der Waals surface area contributed by atoms with Crippen molar-refractivity contribution in [1.29, 1.82) is 0 Å². The van der Waals surface area contributed by atoms with Crippen LogP contribution in [-0.2, 0) is 0 Å². The zero-order valence-electron chi connectivity index (χ0n) is 7.32. The summed E-state index contributed by atoms with van der Waals surface area (Å²) >= 11 is 5.93. The maximum absolute atomic E-state index is 5.93. The highest BCUT2D eigenvalue weighted by molar-refractivity contribution is 6.31. The number of nitrogen functional groups attached to an aromatic ring is 1. The lowest BCUT2D eigenvalue weighted by molar-refractivity contribution is 1.21. The molecule has 0 fully saturated rings. The van der Waals surface area contributed by atoms with Gasteiger partial charge in [-0.1, -0.05) is 11.6 Å². The van der Waals surface area contributed by atoms with Crippen molar-refractivity contribution in [3.05, 3.63) is 22.7 Å². The zero-order chi connectivity index (χ0) is 9.14. The molecule has 0 unspecified atom stereocenters. The lowest BCUT2D eigenvalue weighted by atomic mass is 10.2. The molecular formula is C9H13ClN2. The second kappa shape index (κ2) is 3.68. The molecule has 0 aliphatic rings. The number of halogens is 1. The minimum absolute atomic E-state index is 0.749. The smallest absolute Gasteiger partial charge is 0.0588 e. The quantitative estimate of drug-likeness (QED) is 0.694. The molecule has 3 N–H and O–H groups in total. The summed E-state index contributed by atoms with van der Waals surface area (Å²) in [6, 6.07) is 3.73. The maximum atomic E-state index is 5.93. The highest BCUT2D eigenvalue weighted by Gasteiger charge is 2.01. The van der Waals surface area contributed by atoms with Crippen LogP contribution in [0.15, 0.2) is 12.1 Å². The van der Waals surface area contributed by atoms with E-state index in [-0.39, 0.29) is 0 Å². The van der Waals surface area contributed by atoms with Crippen LogP contribution in [0.4, 0.5) is 11.4 Å². The summed E-state index contributed by atoms with van der Waals surface area (Å²) < 4.78 is 0. The Kier molecular flexibility index (Phi) is 2.82. The highest BCUT2D eigenvalue weighted by Crippen LogP contribution is 2.26. The summed E-state index contributed by atoms with van der Waals surface area (Å²) in [5.74, 6) is 0. The normalized spacial score (nSPS) is 9.92. The molecule has 0 spiro atoms. The molecule has 3 heteroatoms. The fourth-order valence-corrected chi connectivity index (χ4v) is 1.21. The number of nitrogens with two attached hydrogens (primary N) is 1. The van der Waals surface area contributed by atoms with Gasteiger partial charge in [0.2, 0.25) is 0 Å². The number of benzene rings is 1. The molecule has 0 atom stereocenters. The molecule has 0 saturated heterocycles. The van der Waals surface area contributed by atoms with E-state index in [1.54, 1.807) is 0 Å². The largest absolute Gasteiger partial charge is 0.397 e. The van der Waals surface area contributed by atoms with Gasteiger partial charge in [-0.25, -0.2) is 0 Å². The second-order valence-electron chi connectivity index (χ2n) is 2.72. The molecule has 12 heavy (non-hydrogen) atoms. The van der Waals surface area contributed by atoms with Crippen LogP contribution in [0.5, 0.6) is 0 Å². The molecule has 0 radical (unpaired) electrons. The predicted octanol–water partition coefficient (Wildman–Crippen LogP) is 2.66. The number of hydrogen-bond donors (Lipinski definition) is 2. The van der Waals surface area contributed by atoms with Gasteiger partial charge in [-0.3, -0.25) is 0 Å². The molecule has 1 aromatic rings. The Hall–Kier alpha value is -0.890. The van der Waals surface area contributed by atoms with E-state index in [1.807, 2.05) is 26.0 Å². The summed E-state index contributed by atoms with van der Waals surface area (Å²) in [7, 11) is 0.